The summed E-state index contributed by atoms with van der Waals surface area (Å²) in [5, 5.41) is 2.66. The van der Waals surface area contributed by atoms with Gasteiger partial charge < -0.3 is 19.7 Å². The van der Waals surface area contributed by atoms with Crippen molar-refractivity contribution in [1.29, 1.82) is 0 Å². The summed E-state index contributed by atoms with van der Waals surface area (Å²) in [5.41, 5.74) is 0.412. The van der Waals surface area contributed by atoms with Gasteiger partial charge in [-0.15, -0.1) is 0 Å². The Balaban J connectivity index is 1.51. The predicted octanol–water partition coefficient (Wildman–Crippen LogP) is 0.501. The van der Waals surface area contributed by atoms with E-state index in [1.165, 1.54) is 4.31 Å². The van der Waals surface area contributed by atoms with E-state index in [1.54, 1.807) is 25.2 Å². The molecule has 0 aliphatic carbocycles. The average Bonchev–Trinajstić information content (AvgIpc) is 3.09. The number of fused-ring (bicyclic) bond motifs is 1. The number of nitrogens with zero attached hydrogens (tertiary/aromatic N) is 2. The molecule has 0 unspecified atom stereocenters. The second-order valence-corrected chi connectivity index (χ2v) is 8.84. The first-order valence-corrected chi connectivity index (χ1v) is 10.3. The van der Waals surface area contributed by atoms with E-state index in [2.05, 4.69) is 10.2 Å². The Labute approximate surface area is 154 Å². The van der Waals surface area contributed by atoms with Gasteiger partial charge in [0.15, 0.2) is 11.5 Å². The molecule has 0 atom stereocenters. The number of amides is 1. The standard InChI is InChI=1S/C17H25N3O5S/c1-19-8-5-14(6-9-19)20(2)26(22,23)10-7-18-17(21)13-3-4-15-16(11-13)25-12-24-15/h3-4,11,14H,5-10,12H2,1-2H3,(H,18,21). The van der Waals surface area contributed by atoms with Crippen LogP contribution in [0.4, 0.5) is 0 Å². The Hall–Kier alpha value is -1.84. The van der Waals surface area contributed by atoms with Crippen LogP contribution in [0, 0.1) is 0 Å². The molecular formula is C17H25N3O5S. The van der Waals surface area contributed by atoms with Crippen molar-refractivity contribution >= 4 is 15.9 Å². The molecule has 1 aromatic carbocycles. The lowest BCUT2D eigenvalue weighted by Crippen LogP contribution is -2.46. The van der Waals surface area contributed by atoms with Crippen LogP contribution in [0.1, 0.15) is 23.2 Å². The van der Waals surface area contributed by atoms with Gasteiger partial charge in [0.25, 0.3) is 5.91 Å². The number of hydrogen-bond donors (Lipinski definition) is 1. The van der Waals surface area contributed by atoms with E-state index in [0.717, 1.165) is 25.9 Å². The molecule has 2 heterocycles. The highest BCUT2D eigenvalue weighted by Crippen LogP contribution is 2.32. The van der Waals surface area contributed by atoms with Gasteiger partial charge in [0.1, 0.15) is 0 Å². The van der Waals surface area contributed by atoms with Crippen LogP contribution in [0.5, 0.6) is 11.5 Å². The molecule has 1 fully saturated rings. The maximum atomic E-state index is 12.5. The molecule has 2 aliphatic heterocycles. The largest absolute Gasteiger partial charge is 0.454 e. The van der Waals surface area contributed by atoms with Gasteiger partial charge >= 0.3 is 0 Å². The molecular weight excluding hydrogens is 358 g/mol. The SMILES string of the molecule is CN1CCC(N(C)S(=O)(=O)CCNC(=O)c2ccc3c(c2)OCO3)CC1. The number of sulfonamides is 1. The molecule has 144 valence electrons. The first-order chi connectivity index (χ1) is 12.4. The van der Waals surface area contributed by atoms with Gasteiger partial charge in [-0.2, -0.15) is 0 Å². The van der Waals surface area contributed by atoms with Crippen molar-refractivity contribution in [3.63, 3.8) is 0 Å². The highest BCUT2D eigenvalue weighted by molar-refractivity contribution is 7.89. The van der Waals surface area contributed by atoms with Crippen LogP contribution in [0.15, 0.2) is 18.2 Å². The molecule has 1 aromatic rings. The Morgan fingerprint density at radius 2 is 1.96 bits per heavy atom. The zero-order valence-corrected chi connectivity index (χ0v) is 15.9. The van der Waals surface area contributed by atoms with Crippen LogP contribution in [-0.2, 0) is 10.0 Å². The van der Waals surface area contributed by atoms with Crippen molar-refractivity contribution in [3.8, 4) is 11.5 Å². The lowest BCUT2D eigenvalue weighted by molar-refractivity contribution is 0.0955. The highest BCUT2D eigenvalue weighted by Gasteiger charge is 2.28. The maximum absolute atomic E-state index is 12.5. The summed E-state index contributed by atoms with van der Waals surface area (Å²) >= 11 is 0. The summed E-state index contributed by atoms with van der Waals surface area (Å²) in [4.78, 5) is 14.4. The number of carbonyl (C=O) groups is 1. The normalized spacial score (nSPS) is 18.3. The Morgan fingerprint density at radius 3 is 2.69 bits per heavy atom. The first-order valence-electron chi connectivity index (χ1n) is 8.69. The lowest BCUT2D eigenvalue weighted by atomic mass is 10.1. The molecule has 2 aliphatic rings. The second-order valence-electron chi connectivity index (χ2n) is 6.69. The molecule has 8 nitrogen and oxygen atoms in total. The van der Waals surface area contributed by atoms with Crippen LogP contribution in [0.3, 0.4) is 0 Å². The molecule has 26 heavy (non-hydrogen) atoms. The molecule has 0 saturated carbocycles. The van der Waals surface area contributed by atoms with Crippen LogP contribution in [0.2, 0.25) is 0 Å². The zero-order chi connectivity index (χ0) is 18.7. The van der Waals surface area contributed by atoms with E-state index in [0.29, 0.717) is 17.1 Å². The van der Waals surface area contributed by atoms with Crippen molar-refractivity contribution in [2.24, 2.45) is 0 Å². The van der Waals surface area contributed by atoms with E-state index in [4.69, 9.17) is 9.47 Å². The van der Waals surface area contributed by atoms with Crippen LogP contribution < -0.4 is 14.8 Å². The zero-order valence-electron chi connectivity index (χ0n) is 15.1. The van der Waals surface area contributed by atoms with E-state index in [1.807, 2.05) is 7.05 Å². The van der Waals surface area contributed by atoms with Gasteiger partial charge in [0.05, 0.1) is 5.75 Å². The molecule has 0 radical (unpaired) electrons. The first kappa shape index (κ1) is 18.9. The van der Waals surface area contributed by atoms with Crippen LogP contribution >= 0.6 is 0 Å². The average molecular weight is 383 g/mol. The fraction of sp³-hybridized carbons (Fsp3) is 0.588. The third kappa shape index (κ3) is 4.28. The van der Waals surface area contributed by atoms with E-state index in [-0.39, 0.29) is 31.0 Å². The molecule has 1 saturated heterocycles. The summed E-state index contributed by atoms with van der Waals surface area (Å²) in [7, 11) is 0.259. The number of benzene rings is 1. The summed E-state index contributed by atoms with van der Waals surface area (Å²) < 4.78 is 36.9. The molecule has 1 amide bonds. The quantitative estimate of drug-likeness (QED) is 0.770. The molecule has 1 N–H and O–H groups in total. The van der Waals surface area contributed by atoms with Gasteiger partial charge in [-0.05, 0) is 51.2 Å². The van der Waals surface area contributed by atoms with Gasteiger partial charge in [-0.3, -0.25) is 4.79 Å². The summed E-state index contributed by atoms with van der Waals surface area (Å²) in [6.45, 7) is 1.99. The van der Waals surface area contributed by atoms with E-state index < -0.39 is 10.0 Å². The number of carbonyl (C=O) groups excluding carboxylic acids is 1. The minimum atomic E-state index is -3.41. The van der Waals surface area contributed by atoms with Crippen LogP contribution in [0.25, 0.3) is 0 Å². The lowest BCUT2D eigenvalue weighted by Gasteiger charge is -2.34. The van der Waals surface area contributed by atoms with Crippen molar-refractivity contribution in [2.45, 2.75) is 18.9 Å². The van der Waals surface area contributed by atoms with Crippen molar-refractivity contribution in [3.05, 3.63) is 23.8 Å². The number of piperidine rings is 1. The molecule has 0 spiro atoms. The molecule has 9 heteroatoms. The van der Waals surface area contributed by atoms with Crippen molar-refractivity contribution in [1.82, 2.24) is 14.5 Å². The molecule has 0 bridgehead atoms. The van der Waals surface area contributed by atoms with Gasteiger partial charge in [0.2, 0.25) is 16.8 Å². The fourth-order valence-corrected chi connectivity index (χ4v) is 4.48. The van der Waals surface area contributed by atoms with Gasteiger partial charge in [-0.1, -0.05) is 0 Å². The summed E-state index contributed by atoms with van der Waals surface area (Å²) in [5.74, 6) is 0.670. The van der Waals surface area contributed by atoms with E-state index in [9.17, 15) is 13.2 Å². The number of ether oxygens (including phenoxy) is 2. The van der Waals surface area contributed by atoms with Crippen LogP contribution in [-0.4, -0.2) is 75.8 Å². The number of nitrogens with one attached hydrogen (secondary N) is 1. The summed E-state index contributed by atoms with van der Waals surface area (Å²) in [6.07, 6.45) is 1.66. The predicted molar refractivity (Wildman–Crippen MR) is 97.0 cm³/mol. The third-order valence-electron chi connectivity index (χ3n) is 4.92. The highest BCUT2D eigenvalue weighted by atomic mass is 32.2. The summed E-state index contributed by atoms with van der Waals surface area (Å²) in [6, 6.07) is 4.92. The monoisotopic (exact) mass is 383 g/mol. The topological polar surface area (TPSA) is 88.2 Å². The Bertz CT molecular complexity index is 760. The number of rotatable bonds is 6. The number of hydrogen-bond acceptors (Lipinski definition) is 6. The Morgan fingerprint density at radius 1 is 1.27 bits per heavy atom. The van der Waals surface area contributed by atoms with Crippen molar-refractivity contribution in [2.75, 3.05) is 46.3 Å². The third-order valence-corrected chi connectivity index (χ3v) is 6.82. The second kappa shape index (κ2) is 7.81. The smallest absolute Gasteiger partial charge is 0.251 e. The van der Waals surface area contributed by atoms with Gasteiger partial charge in [-0.25, -0.2) is 12.7 Å². The number of likely N-dealkylation sites (tertiary alicyclic amines) is 1. The maximum Gasteiger partial charge on any atom is 0.251 e. The molecule has 3 rings (SSSR count). The van der Waals surface area contributed by atoms with Gasteiger partial charge in [0, 0.05) is 25.2 Å². The van der Waals surface area contributed by atoms with E-state index >= 15 is 0 Å². The fourth-order valence-electron chi connectivity index (χ4n) is 3.16. The van der Waals surface area contributed by atoms with Crippen molar-refractivity contribution < 1.29 is 22.7 Å². The minimum Gasteiger partial charge on any atom is -0.454 e. The minimum absolute atomic E-state index is 0.0285. The Kier molecular flexibility index (Phi) is 5.69. The molecule has 0 aromatic heterocycles.